The number of hydrogen-bond acceptors (Lipinski definition) is 4. The van der Waals surface area contributed by atoms with Gasteiger partial charge in [-0.2, -0.15) is 0 Å². The molecule has 2 aromatic carbocycles. The number of para-hydroxylation sites is 1. The third kappa shape index (κ3) is 5.26. The Kier molecular flexibility index (Phi) is 6.39. The molecule has 8 heteroatoms. The quantitative estimate of drug-likeness (QED) is 0.668. The highest BCUT2D eigenvalue weighted by molar-refractivity contribution is 6.31. The van der Waals surface area contributed by atoms with E-state index in [4.69, 9.17) is 16.3 Å². The maximum atomic E-state index is 12.5. The molecule has 7 nitrogen and oxygen atoms in total. The summed E-state index contributed by atoms with van der Waals surface area (Å²) in [4.78, 5) is 38.0. The van der Waals surface area contributed by atoms with Crippen molar-refractivity contribution in [2.45, 2.75) is 26.3 Å². The minimum absolute atomic E-state index is 0.238. The second kappa shape index (κ2) is 8.96. The average molecular weight is 416 g/mol. The molecule has 152 valence electrons. The Labute approximate surface area is 174 Å². The highest BCUT2D eigenvalue weighted by Crippen LogP contribution is 2.32. The van der Waals surface area contributed by atoms with Crippen LogP contribution in [0.15, 0.2) is 48.5 Å². The Morgan fingerprint density at radius 3 is 2.62 bits per heavy atom. The van der Waals surface area contributed by atoms with Crippen LogP contribution in [-0.4, -0.2) is 35.3 Å². The molecule has 4 amide bonds. The Hall–Kier alpha value is -3.06. The topological polar surface area (TPSA) is 87.7 Å². The van der Waals surface area contributed by atoms with Crippen molar-refractivity contribution in [1.29, 1.82) is 0 Å². The highest BCUT2D eigenvalue weighted by atomic mass is 35.5. The van der Waals surface area contributed by atoms with Gasteiger partial charge in [-0.15, -0.1) is 0 Å². The number of carbonyl (C=O) groups is 3. The third-order valence-electron chi connectivity index (χ3n) is 4.30. The van der Waals surface area contributed by atoms with E-state index in [1.807, 2.05) is 32.0 Å². The number of imide groups is 1. The van der Waals surface area contributed by atoms with Crippen LogP contribution in [0.3, 0.4) is 0 Å². The molecular weight excluding hydrogens is 394 g/mol. The zero-order valence-corrected chi connectivity index (χ0v) is 16.9. The van der Waals surface area contributed by atoms with Crippen LogP contribution in [0.2, 0.25) is 5.02 Å². The lowest BCUT2D eigenvalue weighted by Gasteiger charge is -2.16. The first-order chi connectivity index (χ1) is 13.8. The first-order valence-electron chi connectivity index (χ1n) is 9.27. The molecule has 1 fully saturated rings. The van der Waals surface area contributed by atoms with Crippen LogP contribution >= 0.6 is 11.6 Å². The van der Waals surface area contributed by atoms with Crippen molar-refractivity contribution in [3.8, 4) is 11.5 Å². The normalized spacial score (nSPS) is 16.1. The predicted molar refractivity (Wildman–Crippen MR) is 110 cm³/mol. The van der Waals surface area contributed by atoms with E-state index in [0.717, 1.165) is 4.90 Å². The molecule has 0 aromatic heterocycles. The van der Waals surface area contributed by atoms with E-state index < -0.39 is 30.4 Å². The Bertz CT molecular complexity index is 917. The fraction of sp³-hybridized carbons (Fsp3) is 0.286. The van der Waals surface area contributed by atoms with Crippen molar-refractivity contribution in [3.63, 3.8) is 0 Å². The van der Waals surface area contributed by atoms with Crippen LogP contribution in [0.5, 0.6) is 11.5 Å². The number of urea groups is 1. The number of hydrogen-bond donors (Lipinski definition) is 2. The Balaban J connectivity index is 1.70. The van der Waals surface area contributed by atoms with Gasteiger partial charge in [-0.1, -0.05) is 43.6 Å². The first kappa shape index (κ1) is 20.7. The Morgan fingerprint density at radius 1 is 1.21 bits per heavy atom. The molecule has 2 N–H and O–H groups in total. The van der Waals surface area contributed by atoms with Crippen molar-refractivity contribution in [2.75, 3.05) is 11.9 Å². The predicted octanol–water partition coefficient (Wildman–Crippen LogP) is 4.04. The van der Waals surface area contributed by atoms with Crippen LogP contribution in [-0.2, 0) is 9.59 Å². The largest absolute Gasteiger partial charge is 0.455 e. The fourth-order valence-corrected chi connectivity index (χ4v) is 3.17. The zero-order chi connectivity index (χ0) is 21.0. The Morgan fingerprint density at radius 2 is 1.93 bits per heavy atom. The number of anilines is 1. The maximum absolute atomic E-state index is 12.5. The van der Waals surface area contributed by atoms with Gasteiger partial charge in [0.15, 0.2) is 5.75 Å². The summed E-state index contributed by atoms with van der Waals surface area (Å²) in [6.07, 6.45) is 0.520. The van der Waals surface area contributed by atoms with Crippen LogP contribution in [0, 0.1) is 5.92 Å². The molecule has 0 spiro atoms. The number of amides is 4. The molecule has 1 atom stereocenters. The molecule has 1 unspecified atom stereocenters. The summed E-state index contributed by atoms with van der Waals surface area (Å²) in [5.74, 6) is 0.298. The molecule has 0 saturated carbocycles. The number of nitrogens with one attached hydrogen (secondary N) is 2. The van der Waals surface area contributed by atoms with Gasteiger partial charge in [-0.3, -0.25) is 14.5 Å². The van der Waals surface area contributed by atoms with E-state index in [1.54, 1.807) is 30.3 Å². The maximum Gasteiger partial charge on any atom is 0.325 e. The lowest BCUT2D eigenvalue weighted by atomic mass is 10.0. The lowest BCUT2D eigenvalue weighted by Crippen LogP contribution is -2.38. The molecule has 0 bridgehead atoms. The van der Waals surface area contributed by atoms with E-state index in [-0.39, 0.29) is 5.92 Å². The number of carbonyl (C=O) groups excluding carboxylic acids is 3. The number of halogens is 1. The highest BCUT2D eigenvalue weighted by Gasteiger charge is 2.39. The van der Waals surface area contributed by atoms with Gasteiger partial charge < -0.3 is 15.4 Å². The molecule has 2 aromatic rings. The number of rotatable bonds is 7. The van der Waals surface area contributed by atoms with Crippen molar-refractivity contribution in [3.05, 3.63) is 53.6 Å². The minimum Gasteiger partial charge on any atom is -0.455 e. The van der Waals surface area contributed by atoms with Crippen molar-refractivity contribution < 1.29 is 19.1 Å². The summed E-state index contributed by atoms with van der Waals surface area (Å²) in [7, 11) is 0. The fourth-order valence-electron chi connectivity index (χ4n) is 3.00. The molecular formula is C21H22ClN3O4. The summed E-state index contributed by atoms with van der Waals surface area (Å²) < 4.78 is 5.81. The van der Waals surface area contributed by atoms with Crippen molar-refractivity contribution in [2.24, 2.45) is 5.92 Å². The van der Waals surface area contributed by atoms with Crippen LogP contribution in [0.25, 0.3) is 0 Å². The van der Waals surface area contributed by atoms with Crippen LogP contribution in [0.1, 0.15) is 20.3 Å². The van der Waals surface area contributed by atoms with Gasteiger partial charge in [-0.05, 0) is 42.7 Å². The van der Waals surface area contributed by atoms with Gasteiger partial charge in [-0.25, -0.2) is 4.79 Å². The average Bonchev–Trinajstić information content (AvgIpc) is 2.91. The van der Waals surface area contributed by atoms with Gasteiger partial charge in [0.2, 0.25) is 5.91 Å². The van der Waals surface area contributed by atoms with Gasteiger partial charge in [0.05, 0.1) is 5.69 Å². The number of benzene rings is 2. The van der Waals surface area contributed by atoms with Crippen molar-refractivity contribution >= 4 is 35.1 Å². The summed E-state index contributed by atoms with van der Waals surface area (Å²) in [6.45, 7) is 3.53. The smallest absolute Gasteiger partial charge is 0.325 e. The molecule has 3 rings (SSSR count). The van der Waals surface area contributed by atoms with Crippen LogP contribution in [0.4, 0.5) is 10.5 Å². The summed E-state index contributed by atoms with van der Waals surface area (Å²) in [5, 5.41) is 5.70. The molecule has 1 heterocycles. The molecule has 1 saturated heterocycles. The minimum atomic E-state index is -0.599. The van der Waals surface area contributed by atoms with E-state index in [9.17, 15) is 14.4 Å². The third-order valence-corrected chi connectivity index (χ3v) is 4.54. The molecule has 0 radical (unpaired) electrons. The van der Waals surface area contributed by atoms with E-state index in [0.29, 0.717) is 28.6 Å². The second-order valence-corrected chi connectivity index (χ2v) is 7.60. The van der Waals surface area contributed by atoms with Gasteiger partial charge >= 0.3 is 6.03 Å². The van der Waals surface area contributed by atoms with Gasteiger partial charge in [0, 0.05) is 5.02 Å². The van der Waals surface area contributed by atoms with Gasteiger partial charge in [0.25, 0.3) is 5.91 Å². The molecule has 29 heavy (non-hydrogen) atoms. The standard InChI is InChI=1S/C21H22ClN3O4/c1-13(2)10-17-20(27)25(21(28)24-17)12-19(26)23-16-11-14(22)8-9-18(16)29-15-6-4-3-5-7-15/h3-9,11,13,17H,10,12H2,1-2H3,(H,23,26)(H,24,28). The SMILES string of the molecule is CC(C)CC1NC(=O)N(CC(=O)Nc2cc(Cl)ccc2Oc2ccccc2)C1=O. The monoisotopic (exact) mass is 415 g/mol. The van der Waals surface area contributed by atoms with Crippen LogP contribution < -0.4 is 15.4 Å². The lowest BCUT2D eigenvalue weighted by molar-refractivity contribution is -0.131. The summed E-state index contributed by atoms with van der Waals surface area (Å²) in [5.41, 5.74) is 0.345. The summed E-state index contributed by atoms with van der Waals surface area (Å²) >= 11 is 6.05. The number of nitrogens with zero attached hydrogens (tertiary/aromatic N) is 1. The van der Waals surface area contributed by atoms with E-state index >= 15 is 0 Å². The zero-order valence-electron chi connectivity index (χ0n) is 16.1. The molecule has 1 aliphatic heterocycles. The molecule has 0 aliphatic carbocycles. The molecule has 1 aliphatic rings. The van der Waals surface area contributed by atoms with Crippen molar-refractivity contribution in [1.82, 2.24) is 10.2 Å². The second-order valence-electron chi connectivity index (χ2n) is 7.16. The van der Waals surface area contributed by atoms with Gasteiger partial charge in [0.1, 0.15) is 18.3 Å². The summed E-state index contributed by atoms with van der Waals surface area (Å²) in [6, 6.07) is 12.7. The number of ether oxygens (including phenoxy) is 1. The van der Waals surface area contributed by atoms with E-state index in [1.165, 1.54) is 0 Å². The first-order valence-corrected chi connectivity index (χ1v) is 9.65. The van der Waals surface area contributed by atoms with E-state index in [2.05, 4.69) is 10.6 Å².